The molecule has 0 radical (unpaired) electrons. The summed E-state index contributed by atoms with van der Waals surface area (Å²) in [6.07, 6.45) is 3.43. The molecule has 140 valence electrons. The van der Waals surface area contributed by atoms with E-state index >= 15 is 0 Å². The van der Waals surface area contributed by atoms with Crippen LogP contribution in [0.2, 0.25) is 0 Å². The van der Waals surface area contributed by atoms with Gasteiger partial charge < -0.3 is 9.47 Å². The Balaban J connectivity index is 1.53. The van der Waals surface area contributed by atoms with Crippen LogP contribution in [0.5, 0.6) is 0 Å². The van der Waals surface area contributed by atoms with E-state index in [0.717, 1.165) is 11.1 Å². The van der Waals surface area contributed by atoms with Gasteiger partial charge in [-0.3, -0.25) is 4.90 Å². The molecule has 2 aliphatic heterocycles. The van der Waals surface area contributed by atoms with Crippen LogP contribution in [0.15, 0.2) is 53.1 Å². The summed E-state index contributed by atoms with van der Waals surface area (Å²) in [4.78, 5) is 18.2. The highest BCUT2D eigenvalue weighted by Gasteiger charge is 2.39. The number of ether oxygens (including phenoxy) is 2. The Morgan fingerprint density at radius 3 is 2.93 bits per heavy atom. The minimum Gasteiger partial charge on any atom is -0.445 e. The van der Waals surface area contributed by atoms with Gasteiger partial charge in [-0.25, -0.2) is 9.78 Å². The molecule has 1 amide bonds. The van der Waals surface area contributed by atoms with Gasteiger partial charge in [0, 0.05) is 16.2 Å². The molecule has 1 saturated heterocycles. The van der Waals surface area contributed by atoms with Gasteiger partial charge in [0.15, 0.2) is 0 Å². The van der Waals surface area contributed by atoms with Gasteiger partial charge in [0.05, 0.1) is 25.3 Å². The van der Waals surface area contributed by atoms with Gasteiger partial charge in [-0.2, -0.15) is 4.39 Å². The summed E-state index contributed by atoms with van der Waals surface area (Å²) in [5.41, 5.74) is 2.23. The third-order valence-electron chi connectivity index (χ3n) is 4.77. The van der Waals surface area contributed by atoms with E-state index < -0.39 is 5.95 Å². The van der Waals surface area contributed by atoms with E-state index in [0.29, 0.717) is 29.7 Å². The number of aromatic nitrogens is 1. The molecule has 27 heavy (non-hydrogen) atoms. The fraction of sp³-hybridized carbons (Fsp3) is 0.300. The maximum Gasteiger partial charge on any atom is 0.411 e. The SMILES string of the molecule is O=C(OCc1ccccc1)N1C2C=C(c3cc(Br)cnc3F)CC1COC2. The number of nitrogens with zero attached hydrogens (tertiary/aromatic N) is 2. The summed E-state index contributed by atoms with van der Waals surface area (Å²) >= 11 is 3.34. The molecule has 0 aliphatic carbocycles. The van der Waals surface area contributed by atoms with E-state index in [1.807, 2.05) is 36.4 Å². The molecular weight excluding hydrogens is 415 g/mol. The summed E-state index contributed by atoms with van der Waals surface area (Å²) in [5.74, 6) is -0.511. The predicted octanol–water partition coefficient (Wildman–Crippen LogP) is 4.18. The van der Waals surface area contributed by atoms with Gasteiger partial charge in [0.25, 0.3) is 0 Å². The second-order valence-electron chi connectivity index (χ2n) is 6.59. The van der Waals surface area contributed by atoms with Crippen LogP contribution in [0, 0.1) is 5.95 Å². The Morgan fingerprint density at radius 2 is 2.15 bits per heavy atom. The molecule has 1 aromatic carbocycles. The maximum absolute atomic E-state index is 14.2. The molecule has 5 nitrogen and oxygen atoms in total. The lowest BCUT2D eigenvalue weighted by Gasteiger charge is -2.43. The maximum atomic E-state index is 14.2. The molecule has 0 saturated carbocycles. The zero-order valence-electron chi connectivity index (χ0n) is 14.5. The highest BCUT2D eigenvalue weighted by atomic mass is 79.9. The van der Waals surface area contributed by atoms with Crippen molar-refractivity contribution in [3.63, 3.8) is 0 Å². The molecule has 0 N–H and O–H groups in total. The largest absolute Gasteiger partial charge is 0.445 e. The number of hydrogen-bond donors (Lipinski definition) is 0. The van der Waals surface area contributed by atoms with Crippen molar-refractivity contribution in [1.82, 2.24) is 9.88 Å². The standard InChI is InChI=1S/C20H18BrFN2O3/c21-15-8-18(19(22)23-9-15)14-6-16-11-26-12-17(7-14)24(16)20(25)27-10-13-4-2-1-3-5-13/h1-6,8-9,16-17H,7,10-12H2. The zero-order valence-corrected chi connectivity index (χ0v) is 16.1. The van der Waals surface area contributed by atoms with E-state index in [1.165, 1.54) is 6.20 Å². The molecule has 2 unspecified atom stereocenters. The molecule has 0 spiro atoms. The molecular formula is C20H18BrFN2O3. The first kappa shape index (κ1) is 18.1. The third-order valence-corrected chi connectivity index (χ3v) is 5.20. The summed E-state index contributed by atoms with van der Waals surface area (Å²) in [7, 11) is 0. The second kappa shape index (κ2) is 7.78. The average molecular weight is 433 g/mol. The third kappa shape index (κ3) is 3.89. The van der Waals surface area contributed by atoms with E-state index in [9.17, 15) is 9.18 Å². The Labute approximate surface area is 164 Å². The van der Waals surface area contributed by atoms with Crippen molar-refractivity contribution in [2.24, 2.45) is 0 Å². The Bertz CT molecular complexity index is 875. The van der Waals surface area contributed by atoms with Crippen molar-refractivity contribution in [3.8, 4) is 0 Å². The molecule has 7 heteroatoms. The fourth-order valence-electron chi connectivity index (χ4n) is 3.52. The number of benzene rings is 1. The number of carbonyl (C=O) groups excluding carboxylic acids is 1. The topological polar surface area (TPSA) is 51.7 Å². The number of pyridine rings is 1. The smallest absolute Gasteiger partial charge is 0.411 e. The van der Waals surface area contributed by atoms with Gasteiger partial charge >= 0.3 is 6.09 Å². The molecule has 2 bridgehead atoms. The van der Waals surface area contributed by atoms with Crippen LogP contribution in [0.4, 0.5) is 9.18 Å². The van der Waals surface area contributed by atoms with Gasteiger partial charge in [0.2, 0.25) is 5.95 Å². The van der Waals surface area contributed by atoms with Crippen molar-refractivity contribution in [2.75, 3.05) is 13.2 Å². The minimum absolute atomic E-state index is 0.189. The first-order valence-corrected chi connectivity index (χ1v) is 9.50. The second-order valence-corrected chi connectivity index (χ2v) is 7.51. The molecule has 1 fully saturated rings. The molecule has 3 heterocycles. The molecule has 2 aromatic rings. The van der Waals surface area contributed by atoms with Gasteiger partial charge in [-0.05, 0) is 39.6 Å². The van der Waals surface area contributed by atoms with Crippen molar-refractivity contribution >= 4 is 27.6 Å². The number of halogens is 2. The van der Waals surface area contributed by atoms with Crippen LogP contribution in [0.1, 0.15) is 17.5 Å². The Hall–Kier alpha value is -2.25. The van der Waals surface area contributed by atoms with Crippen LogP contribution in [-0.2, 0) is 16.1 Å². The number of fused-ring (bicyclic) bond motifs is 2. The van der Waals surface area contributed by atoms with Crippen molar-refractivity contribution < 1.29 is 18.7 Å². The Morgan fingerprint density at radius 1 is 1.33 bits per heavy atom. The van der Waals surface area contributed by atoms with Crippen LogP contribution in [-0.4, -0.2) is 41.3 Å². The monoisotopic (exact) mass is 432 g/mol. The number of amides is 1. The van der Waals surface area contributed by atoms with Crippen molar-refractivity contribution in [1.29, 1.82) is 0 Å². The quantitative estimate of drug-likeness (QED) is 0.682. The number of carbonyl (C=O) groups is 1. The fourth-order valence-corrected chi connectivity index (χ4v) is 3.85. The van der Waals surface area contributed by atoms with E-state index in [-0.39, 0.29) is 24.8 Å². The summed E-state index contributed by atoms with van der Waals surface area (Å²) < 4.78 is 26.0. The molecule has 2 aliphatic rings. The van der Waals surface area contributed by atoms with Crippen molar-refractivity contribution in [2.45, 2.75) is 25.1 Å². The van der Waals surface area contributed by atoms with Crippen molar-refractivity contribution in [3.05, 3.63) is 70.2 Å². The highest BCUT2D eigenvalue weighted by Crippen LogP contribution is 2.34. The van der Waals surface area contributed by atoms with Crippen LogP contribution >= 0.6 is 15.9 Å². The number of rotatable bonds is 3. The lowest BCUT2D eigenvalue weighted by Crippen LogP contribution is -2.56. The minimum atomic E-state index is -0.511. The van der Waals surface area contributed by atoms with Crippen LogP contribution in [0.25, 0.3) is 5.57 Å². The summed E-state index contributed by atoms with van der Waals surface area (Å²) in [6.45, 7) is 0.984. The van der Waals surface area contributed by atoms with Gasteiger partial charge in [-0.15, -0.1) is 0 Å². The number of morpholine rings is 1. The van der Waals surface area contributed by atoms with Gasteiger partial charge in [0.1, 0.15) is 6.61 Å². The Kier molecular flexibility index (Phi) is 5.22. The first-order chi connectivity index (χ1) is 13.1. The predicted molar refractivity (Wildman–Crippen MR) is 101 cm³/mol. The lowest BCUT2D eigenvalue weighted by atomic mass is 9.90. The molecule has 4 rings (SSSR count). The zero-order chi connectivity index (χ0) is 18.8. The normalized spacial score (nSPS) is 21.6. The number of hydrogen-bond acceptors (Lipinski definition) is 4. The molecule has 2 atom stereocenters. The highest BCUT2D eigenvalue weighted by molar-refractivity contribution is 9.10. The van der Waals surface area contributed by atoms with Crippen LogP contribution in [0.3, 0.4) is 0 Å². The van der Waals surface area contributed by atoms with E-state index in [4.69, 9.17) is 9.47 Å². The molecule has 1 aromatic heterocycles. The van der Waals surface area contributed by atoms with Gasteiger partial charge in [-0.1, -0.05) is 36.4 Å². The first-order valence-electron chi connectivity index (χ1n) is 8.70. The lowest BCUT2D eigenvalue weighted by molar-refractivity contribution is -0.0342. The summed E-state index contributed by atoms with van der Waals surface area (Å²) in [5, 5.41) is 0. The van der Waals surface area contributed by atoms with Crippen LogP contribution < -0.4 is 0 Å². The average Bonchev–Trinajstić information content (AvgIpc) is 2.68. The summed E-state index contributed by atoms with van der Waals surface area (Å²) in [6, 6.07) is 10.8. The van der Waals surface area contributed by atoms with E-state index in [2.05, 4.69) is 20.9 Å². The van der Waals surface area contributed by atoms with E-state index in [1.54, 1.807) is 11.0 Å².